The van der Waals surface area contributed by atoms with Crippen molar-refractivity contribution in [2.45, 2.75) is 32.2 Å². The van der Waals surface area contributed by atoms with Crippen LogP contribution in [0.25, 0.3) is 17.8 Å². The molecule has 0 N–H and O–H groups in total. The largest absolute Gasteiger partial charge is 0.495 e. The molecule has 3 heterocycles. The molecule has 0 aliphatic carbocycles. The molecule has 1 aliphatic heterocycles. The van der Waals surface area contributed by atoms with Crippen LogP contribution in [0.15, 0.2) is 48.9 Å². The molecule has 33 heavy (non-hydrogen) atoms. The summed E-state index contributed by atoms with van der Waals surface area (Å²) < 4.78 is 9.57. The fourth-order valence-electron chi connectivity index (χ4n) is 4.22. The zero-order chi connectivity index (χ0) is 22.9. The van der Waals surface area contributed by atoms with Crippen molar-refractivity contribution in [1.82, 2.24) is 24.3 Å². The Labute approximate surface area is 202 Å². The van der Waals surface area contributed by atoms with E-state index in [1.54, 1.807) is 13.4 Å². The van der Waals surface area contributed by atoms with E-state index < -0.39 is 0 Å². The number of ether oxygens (including phenoxy) is 1. The molecule has 0 fully saturated rings. The van der Waals surface area contributed by atoms with Gasteiger partial charge in [-0.25, -0.2) is 14.6 Å². The van der Waals surface area contributed by atoms with Crippen molar-refractivity contribution in [3.8, 4) is 11.4 Å². The first kappa shape index (κ1) is 21.7. The van der Waals surface area contributed by atoms with Gasteiger partial charge < -0.3 is 9.30 Å². The Balaban J connectivity index is 1.41. The van der Waals surface area contributed by atoms with Gasteiger partial charge in [0, 0.05) is 18.7 Å². The first-order valence-electron chi connectivity index (χ1n) is 10.8. The molecule has 0 saturated carbocycles. The Bertz CT molecular complexity index is 1340. The van der Waals surface area contributed by atoms with Crippen molar-refractivity contribution in [2.24, 2.45) is 0 Å². The molecule has 0 saturated heterocycles. The maximum atomic E-state index is 6.26. The Morgan fingerprint density at radius 3 is 2.73 bits per heavy atom. The van der Waals surface area contributed by atoms with Crippen LogP contribution in [-0.2, 0) is 6.54 Å². The third kappa shape index (κ3) is 4.41. The summed E-state index contributed by atoms with van der Waals surface area (Å²) in [5, 5.41) is 5.83. The van der Waals surface area contributed by atoms with Gasteiger partial charge in [0.2, 0.25) is 0 Å². The van der Waals surface area contributed by atoms with Gasteiger partial charge in [0.05, 0.1) is 34.9 Å². The lowest BCUT2D eigenvalue weighted by atomic mass is 9.91. The molecule has 4 aromatic rings. The molecular weight excluding hydrogens is 457 g/mol. The third-order valence-electron chi connectivity index (χ3n) is 5.86. The van der Waals surface area contributed by atoms with Gasteiger partial charge in [-0.05, 0) is 61.2 Å². The van der Waals surface area contributed by atoms with Crippen LogP contribution in [0.1, 0.15) is 47.2 Å². The van der Waals surface area contributed by atoms with Crippen molar-refractivity contribution in [2.75, 3.05) is 7.11 Å². The lowest BCUT2D eigenvalue weighted by Crippen LogP contribution is -2.18. The highest BCUT2D eigenvalue weighted by Crippen LogP contribution is 2.35. The summed E-state index contributed by atoms with van der Waals surface area (Å²) in [6, 6.07) is 11.9. The summed E-state index contributed by atoms with van der Waals surface area (Å²) in [6.07, 6.45) is 9.74. The number of rotatable bonds is 5. The number of aryl methyl sites for hydroxylation is 2. The number of nitrogens with zero attached hydrogens (tertiary/aromatic N) is 5. The minimum Gasteiger partial charge on any atom is -0.495 e. The standard InChI is InChI=1S/C25H23Cl2N5O/c1-16-14-31(15-28-16)22-9-5-17(12-23(22)33-2)6-10-24-29-25-19(4-3-11-32(25)30-24)18-7-8-20(26)21(27)13-18/h5-10,12-15,19H,3-4,11H2,1-2H3/b10-6+. The fraction of sp³-hybridized carbons (Fsp3) is 0.240. The quantitative estimate of drug-likeness (QED) is 0.342. The smallest absolute Gasteiger partial charge is 0.174 e. The van der Waals surface area contributed by atoms with Crippen molar-refractivity contribution >= 4 is 35.4 Å². The molecule has 8 heteroatoms. The lowest BCUT2D eigenvalue weighted by Gasteiger charge is -2.22. The maximum absolute atomic E-state index is 6.26. The van der Waals surface area contributed by atoms with Gasteiger partial charge >= 0.3 is 0 Å². The number of imidazole rings is 1. The van der Waals surface area contributed by atoms with Crippen molar-refractivity contribution in [1.29, 1.82) is 0 Å². The van der Waals surface area contributed by atoms with Crippen LogP contribution in [0.3, 0.4) is 0 Å². The summed E-state index contributed by atoms with van der Waals surface area (Å²) in [7, 11) is 1.67. The average molecular weight is 480 g/mol. The molecular formula is C25H23Cl2N5O. The fourth-order valence-corrected chi connectivity index (χ4v) is 4.53. The molecule has 0 radical (unpaired) electrons. The van der Waals surface area contributed by atoms with Crippen LogP contribution >= 0.6 is 23.2 Å². The number of aromatic nitrogens is 5. The van der Waals surface area contributed by atoms with Gasteiger partial charge in [-0.3, -0.25) is 0 Å². The molecule has 2 aromatic heterocycles. The second kappa shape index (κ2) is 9.04. The molecule has 0 bridgehead atoms. The zero-order valence-electron chi connectivity index (χ0n) is 18.4. The van der Waals surface area contributed by atoms with Gasteiger partial charge in [-0.1, -0.05) is 41.4 Å². The normalized spacial score (nSPS) is 15.7. The van der Waals surface area contributed by atoms with E-state index >= 15 is 0 Å². The minimum atomic E-state index is 0.154. The number of methoxy groups -OCH3 is 1. The molecule has 1 unspecified atom stereocenters. The Hall–Kier alpha value is -3.09. The second-order valence-electron chi connectivity index (χ2n) is 8.11. The monoisotopic (exact) mass is 479 g/mol. The van der Waals surface area contributed by atoms with Gasteiger partial charge in [0.15, 0.2) is 5.82 Å². The van der Waals surface area contributed by atoms with Gasteiger partial charge in [0.25, 0.3) is 0 Å². The second-order valence-corrected chi connectivity index (χ2v) is 8.92. The van der Waals surface area contributed by atoms with E-state index in [1.165, 1.54) is 0 Å². The van der Waals surface area contributed by atoms with Gasteiger partial charge in [-0.15, -0.1) is 0 Å². The summed E-state index contributed by atoms with van der Waals surface area (Å²) in [5.74, 6) is 2.57. The number of hydrogen-bond acceptors (Lipinski definition) is 4. The number of benzene rings is 2. The maximum Gasteiger partial charge on any atom is 0.174 e. The van der Waals surface area contributed by atoms with Gasteiger partial charge in [0.1, 0.15) is 11.6 Å². The molecule has 5 rings (SSSR count). The molecule has 0 amide bonds. The highest BCUT2D eigenvalue weighted by Gasteiger charge is 2.25. The van der Waals surface area contributed by atoms with E-state index in [0.717, 1.165) is 53.5 Å². The number of fused-ring (bicyclic) bond motifs is 1. The van der Waals surface area contributed by atoms with Crippen LogP contribution in [0.4, 0.5) is 0 Å². The molecule has 2 aromatic carbocycles. The lowest BCUT2D eigenvalue weighted by molar-refractivity contribution is 0.413. The molecule has 0 spiro atoms. The molecule has 1 aliphatic rings. The van der Waals surface area contributed by atoms with Crippen LogP contribution in [0.5, 0.6) is 5.75 Å². The summed E-state index contributed by atoms with van der Waals surface area (Å²) >= 11 is 12.4. The molecule has 1 atom stereocenters. The van der Waals surface area contributed by atoms with Crippen LogP contribution in [0, 0.1) is 6.92 Å². The van der Waals surface area contributed by atoms with E-state index in [0.29, 0.717) is 15.9 Å². The van der Waals surface area contributed by atoms with E-state index in [4.69, 9.17) is 38.0 Å². The van der Waals surface area contributed by atoms with Crippen LogP contribution < -0.4 is 4.74 Å². The molecule has 168 valence electrons. The van der Waals surface area contributed by atoms with E-state index in [2.05, 4.69) is 4.98 Å². The first-order valence-corrected chi connectivity index (χ1v) is 11.5. The Morgan fingerprint density at radius 2 is 1.97 bits per heavy atom. The first-order chi connectivity index (χ1) is 16.0. The SMILES string of the molecule is COc1cc(/C=C/c2nc3n(n2)CCCC3c2ccc(Cl)c(Cl)c2)ccc1-n1cnc(C)c1. The predicted molar refractivity (Wildman–Crippen MR) is 131 cm³/mol. The highest BCUT2D eigenvalue weighted by atomic mass is 35.5. The van der Waals surface area contributed by atoms with Crippen LogP contribution in [-0.4, -0.2) is 31.4 Å². The molecule has 6 nitrogen and oxygen atoms in total. The predicted octanol–water partition coefficient (Wildman–Crippen LogP) is 6.18. The minimum absolute atomic E-state index is 0.154. The highest BCUT2D eigenvalue weighted by molar-refractivity contribution is 6.42. The zero-order valence-corrected chi connectivity index (χ0v) is 19.9. The average Bonchev–Trinajstić information content (AvgIpc) is 3.45. The number of hydrogen-bond donors (Lipinski definition) is 0. The number of halogens is 2. The van der Waals surface area contributed by atoms with E-state index in [9.17, 15) is 0 Å². The van der Waals surface area contributed by atoms with Crippen molar-refractivity contribution < 1.29 is 4.74 Å². The van der Waals surface area contributed by atoms with E-state index in [1.807, 2.05) is 70.9 Å². The van der Waals surface area contributed by atoms with Crippen molar-refractivity contribution in [3.05, 3.63) is 87.4 Å². The Kier molecular flexibility index (Phi) is 5.96. The topological polar surface area (TPSA) is 57.8 Å². The summed E-state index contributed by atoms with van der Waals surface area (Å²) in [4.78, 5) is 9.13. The van der Waals surface area contributed by atoms with Gasteiger partial charge in [-0.2, -0.15) is 5.10 Å². The Morgan fingerprint density at radius 1 is 1.09 bits per heavy atom. The van der Waals surface area contributed by atoms with Crippen LogP contribution in [0.2, 0.25) is 10.0 Å². The third-order valence-corrected chi connectivity index (χ3v) is 6.59. The summed E-state index contributed by atoms with van der Waals surface area (Å²) in [6.45, 7) is 2.82. The van der Waals surface area contributed by atoms with Crippen molar-refractivity contribution in [3.63, 3.8) is 0 Å². The summed E-state index contributed by atoms with van der Waals surface area (Å²) in [5.41, 5.74) is 4.01. The van der Waals surface area contributed by atoms with E-state index in [-0.39, 0.29) is 5.92 Å².